The molecule has 1 aromatic heterocycles. The lowest BCUT2D eigenvalue weighted by atomic mass is 9.86. The number of hydrogen-bond acceptors (Lipinski definition) is 9. The quantitative estimate of drug-likeness (QED) is 0.272. The molecule has 1 heterocycles. The monoisotopic (exact) mass is 585 g/mol. The van der Waals surface area contributed by atoms with E-state index in [-0.39, 0.29) is 40.8 Å². The summed E-state index contributed by atoms with van der Waals surface area (Å²) in [5.41, 5.74) is -2.54. The summed E-state index contributed by atoms with van der Waals surface area (Å²) in [5, 5.41) is 0. The zero-order chi connectivity index (χ0) is 31.6. The first-order valence-electron chi connectivity index (χ1n) is 13.9. The molecule has 1 saturated carbocycles. The van der Waals surface area contributed by atoms with Crippen molar-refractivity contribution in [1.29, 1.82) is 0 Å². The van der Waals surface area contributed by atoms with Crippen molar-refractivity contribution in [1.82, 2.24) is 9.97 Å². The van der Waals surface area contributed by atoms with E-state index >= 15 is 4.39 Å². The van der Waals surface area contributed by atoms with Gasteiger partial charge in [-0.15, -0.1) is 0 Å². The average molecular weight is 586 g/mol. The van der Waals surface area contributed by atoms with Crippen LogP contribution in [0, 0.1) is 5.82 Å². The van der Waals surface area contributed by atoms with Crippen molar-refractivity contribution >= 4 is 29.8 Å². The van der Waals surface area contributed by atoms with Crippen LogP contribution in [0.15, 0.2) is 24.4 Å². The van der Waals surface area contributed by atoms with Gasteiger partial charge in [0.15, 0.2) is 5.82 Å². The SMILES string of the molecule is CC(C)(C)OC(=O)c1ccc(-c2nc(C3CCCC(=O)C3)cnc2N(C(=O)OC(C)(C)C)C(=O)OC(C)(C)C)cc1F. The van der Waals surface area contributed by atoms with E-state index in [1.54, 1.807) is 62.3 Å². The van der Waals surface area contributed by atoms with Crippen molar-refractivity contribution < 1.29 is 37.8 Å². The minimum atomic E-state index is -1.07. The standard InChI is InChI=1S/C31H40FN3O7/c1-29(2,3)40-26(37)21-14-13-19(16-22(21)32)24-25(33-17-23(34-24)18-11-10-12-20(36)15-18)35(27(38)41-30(4,5)6)28(39)42-31(7,8)9/h13-14,16-18H,10-12,15H2,1-9H3. The van der Waals surface area contributed by atoms with Crippen LogP contribution >= 0.6 is 0 Å². The lowest BCUT2D eigenvalue weighted by molar-refractivity contribution is -0.120. The number of anilines is 1. The minimum absolute atomic E-state index is 0.0307. The summed E-state index contributed by atoms with van der Waals surface area (Å²) < 4.78 is 31.7. The highest BCUT2D eigenvalue weighted by Crippen LogP contribution is 2.35. The molecule has 0 N–H and O–H groups in total. The molecule has 3 rings (SSSR count). The first-order valence-corrected chi connectivity index (χ1v) is 13.9. The van der Waals surface area contributed by atoms with E-state index in [0.29, 0.717) is 29.9 Å². The fraction of sp³-hybridized carbons (Fsp3) is 0.548. The largest absolute Gasteiger partial charge is 0.456 e. The number of carbonyl (C=O) groups is 4. The van der Waals surface area contributed by atoms with Gasteiger partial charge in [0, 0.05) is 24.3 Å². The molecule has 1 unspecified atom stereocenters. The van der Waals surface area contributed by atoms with E-state index in [4.69, 9.17) is 19.2 Å². The summed E-state index contributed by atoms with van der Waals surface area (Å²) in [6.07, 6.45) is 1.38. The number of rotatable bonds is 4. The minimum Gasteiger partial charge on any atom is -0.456 e. The van der Waals surface area contributed by atoms with Gasteiger partial charge in [0.05, 0.1) is 17.5 Å². The van der Waals surface area contributed by atoms with Crippen LogP contribution < -0.4 is 4.90 Å². The third kappa shape index (κ3) is 8.80. The Balaban J connectivity index is 2.21. The molecule has 1 fully saturated rings. The summed E-state index contributed by atoms with van der Waals surface area (Å²) in [6, 6.07) is 3.73. The van der Waals surface area contributed by atoms with Crippen molar-refractivity contribution in [2.75, 3.05) is 4.90 Å². The second-order valence-electron chi connectivity index (χ2n) is 13.3. The van der Waals surface area contributed by atoms with Crippen molar-refractivity contribution in [2.45, 2.75) is 111 Å². The Morgan fingerprint density at radius 3 is 1.98 bits per heavy atom. The number of benzene rings is 1. The number of hydrogen-bond donors (Lipinski definition) is 0. The first-order chi connectivity index (χ1) is 19.2. The van der Waals surface area contributed by atoms with Gasteiger partial charge in [0.25, 0.3) is 0 Å². The van der Waals surface area contributed by atoms with E-state index in [1.165, 1.54) is 18.3 Å². The Labute approximate surface area is 245 Å². The smallest absolute Gasteiger partial charge is 0.425 e. The predicted octanol–water partition coefficient (Wildman–Crippen LogP) is 7.14. The number of esters is 1. The van der Waals surface area contributed by atoms with E-state index in [2.05, 4.69) is 4.98 Å². The van der Waals surface area contributed by atoms with Crippen LogP contribution in [0.5, 0.6) is 0 Å². The van der Waals surface area contributed by atoms with Crippen LogP contribution in [0.2, 0.25) is 0 Å². The summed E-state index contributed by atoms with van der Waals surface area (Å²) in [6.45, 7) is 14.8. The molecule has 0 radical (unpaired) electrons. The summed E-state index contributed by atoms with van der Waals surface area (Å²) in [7, 11) is 0. The van der Waals surface area contributed by atoms with E-state index in [9.17, 15) is 19.2 Å². The van der Waals surface area contributed by atoms with Gasteiger partial charge in [0.1, 0.15) is 34.1 Å². The molecule has 1 atom stereocenters. The topological polar surface area (TPSA) is 125 Å². The predicted molar refractivity (Wildman–Crippen MR) is 154 cm³/mol. The van der Waals surface area contributed by atoms with Crippen molar-refractivity contribution in [3.63, 3.8) is 0 Å². The zero-order valence-electron chi connectivity index (χ0n) is 25.8. The molecule has 0 saturated heterocycles. The molecule has 0 bridgehead atoms. The average Bonchev–Trinajstić information content (AvgIpc) is 2.81. The number of carbonyl (C=O) groups excluding carboxylic acids is 4. The Hall–Kier alpha value is -3.89. The van der Waals surface area contributed by atoms with Crippen LogP contribution in [0.3, 0.4) is 0 Å². The molecule has 0 spiro atoms. The number of ketones is 1. The van der Waals surface area contributed by atoms with Gasteiger partial charge >= 0.3 is 18.2 Å². The van der Waals surface area contributed by atoms with Crippen molar-refractivity contribution in [3.8, 4) is 11.3 Å². The molecule has 11 heteroatoms. The Morgan fingerprint density at radius 2 is 1.48 bits per heavy atom. The van der Waals surface area contributed by atoms with Gasteiger partial charge in [-0.1, -0.05) is 6.07 Å². The molecule has 1 aliphatic rings. The zero-order valence-corrected chi connectivity index (χ0v) is 25.8. The molecule has 10 nitrogen and oxygen atoms in total. The number of aromatic nitrogens is 2. The van der Waals surface area contributed by atoms with Gasteiger partial charge < -0.3 is 14.2 Å². The van der Waals surface area contributed by atoms with Crippen LogP contribution in [-0.4, -0.2) is 50.7 Å². The Kier molecular flexibility index (Phi) is 9.44. The summed E-state index contributed by atoms with van der Waals surface area (Å²) in [5.74, 6) is -2.15. The normalized spacial score (nSPS) is 16.0. The summed E-state index contributed by atoms with van der Waals surface area (Å²) in [4.78, 5) is 61.3. The number of Topliss-reactive ketones (excluding diaryl/α,β-unsaturated/α-hetero) is 1. The fourth-order valence-electron chi connectivity index (χ4n) is 4.25. The van der Waals surface area contributed by atoms with E-state index < -0.39 is 40.8 Å². The number of halogens is 1. The van der Waals surface area contributed by atoms with E-state index in [0.717, 1.165) is 6.07 Å². The maximum atomic E-state index is 15.4. The van der Waals surface area contributed by atoms with Gasteiger partial charge in [-0.3, -0.25) is 4.79 Å². The number of nitrogens with zero attached hydrogens (tertiary/aromatic N) is 3. The molecular formula is C31H40FN3O7. The molecule has 42 heavy (non-hydrogen) atoms. The number of ether oxygens (including phenoxy) is 3. The number of imide groups is 1. The Morgan fingerprint density at radius 1 is 0.905 bits per heavy atom. The van der Waals surface area contributed by atoms with Crippen molar-refractivity contribution in [2.24, 2.45) is 0 Å². The molecule has 0 aliphatic heterocycles. The highest BCUT2D eigenvalue weighted by Gasteiger charge is 2.37. The Bertz CT molecular complexity index is 1340. The maximum Gasteiger partial charge on any atom is 0.425 e. The highest BCUT2D eigenvalue weighted by molar-refractivity contribution is 6.10. The molecule has 228 valence electrons. The lowest BCUT2D eigenvalue weighted by Gasteiger charge is -2.29. The van der Waals surface area contributed by atoms with Crippen LogP contribution in [-0.2, 0) is 19.0 Å². The van der Waals surface area contributed by atoms with Gasteiger partial charge in [0.2, 0.25) is 0 Å². The van der Waals surface area contributed by atoms with E-state index in [1.807, 2.05) is 0 Å². The molecule has 1 aliphatic carbocycles. The second-order valence-corrected chi connectivity index (χ2v) is 13.3. The van der Waals surface area contributed by atoms with Gasteiger partial charge in [-0.25, -0.2) is 28.7 Å². The molecular weight excluding hydrogens is 545 g/mol. The summed E-state index contributed by atoms with van der Waals surface area (Å²) >= 11 is 0. The van der Waals surface area contributed by atoms with Gasteiger partial charge in [-0.2, -0.15) is 4.90 Å². The van der Waals surface area contributed by atoms with Crippen molar-refractivity contribution in [3.05, 3.63) is 41.5 Å². The fourth-order valence-corrected chi connectivity index (χ4v) is 4.25. The first kappa shape index (κ1) is 32.6. The van der Waals surface area contributed by atoms with Crippen LogP contribution in [0.1, 0.15) is 110 Å². The third-order valence-corrected chi connectivity index (χ3v) is 5.90. The molecule has 1 aromatic carbocycles. The maximum absolute atomic E-state index is 15.4. The number of amides is 2. The van der Waals surface area contributed by atoms with Gasteiger partial charge in [-0.05, 0) is 87.3 Å². The van der Waals surface area contributed by atoms with Crippen LogP contribution in [0.4, 0.5) is 19.8 Å². The highest BCUT2D eigenvalue weighted by atomic mass is 19.1. The second kappa shape index (κ2) is 12.1. The lowest BCUT2D eigenvalue weighted by Crippen LogP contribution is -2.44. The molecule has 2 aromatic rings. The molecule has 2 amide bonds. The van der Waals surface area contributed by atoms with Crippen LogP contribution in [0.25, 0.3) is 11.3 Å². The third-order valence-electron chi connectivity index (χ3n) is 5.90.